The molecule has 0 N–H and O–H groups in total. The van der Waals surface area contributed by atoms with Crippen LogP contribution < -0.4 is 0 Å². The van der Waals surface area contributed by atoms with Gasteiger partial charge < -0.3 is 4.57 Å². The molecule has 0 bridgehead atoms. The first-order valence-electron chi connectivity index (χ1n) is 21.2. The topological polar surface area (TPSA) is 35.6 Å². The zero-order chi connectivity index (χ0) is 40.5. The van der Waals surface area contributed by atoms with E-state index in [-0.39, 0.29) is 0 Å². The number of benzene rings is 11. The number of nitrogens with zero attached hydrogens (tertiary/aromatic N) is 4. The van der Waals surface area contributed by atoms with E-state index in [0.717, 1.165) is 61.1 Å². The van der Waals surface area contributed by atoms with Crippen molar-refractivity contribution in [3.05, 3.63) is 206 Å². The molecular weight excluding hydrogens is 753 g/mol. The minimum absolute atomic E-state index is 0.801. The van der Waals surface area contributed by atoms with E-state index in [9.17, 15) is 0 Å². The van der Waals surface area contributed by atoms with Gasteiger partial charge in [0, 0.05) is 43.6 Å². The van der Waals surface area contributed by atoms with Crippen molar-refractivity contribution in [2.24, 2.45) is 0 Å². The molecule has 11 aromatic carbocycles. The van der Waals surface area contributed by atoms with Crippen molar-refractivity contribution in [2.75, 3.05) is 0 Å². The maximum absolute atomic E-state index is 5.79. The number of hydrogen-bond donors (Lipinski definition) is 0. The van der Waals surface area contributed by atoms with E-state index in [0.29, 0.717) is 0 Å². The maximum atomic E-state index is 5.79. The summed E-state index contributed by atoms with van der Waals surface area (Å²) in [5.41, 5.74) is 9.18. The molecule has 4 heteroatoms. The summed E-state index contributed by atoms with van der Waals surface area (Å²) in [4.78, 5) is 11.4. The lowest BCUT2D eigenvalue weighted by Crippen LogP contribution is -2.04. The van der Waals surface area contributed by atoms with Crippen LogP contribution in [0.2, 0.25) is 0 Å². The van der Waals surface area contributed by atoms with Gasteiger partial charge in [0.1, 0.15) is 5.69 Å². The minimum atomic E-state index is 0.801. The summed E-state index contributed by atoms with van der Waals surface area (Å²) in [6, 6.07) is 74.8. The molecule has 14 aromatic rings. The van der Waals surface area contributed by atoms with Gasteiger partial charge >= 0.3 is 0 Å². The highest BCUT2D eigenvalue weighted by molar-refractivity contribution is 6.36. The fraction of sp³-hybridized carbons (Fsp3) is 0. The van der Waals surface area contributed by atoms with Gasteiger partial charge in [0.25, 0.3) is 0 Å². The van der Waals surface area contributed by atoms with Crippen LogP contribution in [-0.4, -0.2) is 19.1 Å². The average Bonchev–Trinajstić information content (AvgIpc) is 3.84. The Morgan fingerprint density at radius 2 is 0.887 bits per heavy atom. The van der Waals surface area contributed by atoms with Crippen LogP contribution in [0.5, 0.6) is 0 Å². The van der Waals surface area contributed by atoms with Crippen molar-refractivity contribution >= 4 is 109 Å². The minimum Gasteiger partial charge on any atom is -0.309 e. The van der Waals surface area contributed by atoms with E-state index in [1.54, 1.807) is 0 Å². The second-order valence-corrected chi connectivity index (χ2v) is 16.5. The summed E-state index contributed by atoms with van der Waals surface area (Å²) < 4.78 is 4.78. The van der Waals surface area contributed by atoms with Gasteiger partial charge in [0.05, 0.1) is 33.1 Å². The summed E-state index contributed by atoms with van der Waals surface area (Å²) in [6.07, 6.45) is 0. The van der Waals surface area contributed by atoms with Gasteiger partial charge in [-0.1, -0.05) is 158 Å². The summed E-state index contributed by atoms with van der Waals surface area (Å²) >= 11 is 0. The molecule has 0 aliphatic rings. The molecule has 3 aromatic heterocycles. The van der Waals surface area contributed by atoms with Crippen LogP contribution in [0, 0.1) is 0 Å². The molecule has 0 saturated carbocycles. The largest absolute Gasteiger partial charge is 0.309 e. The van der Waals surface area contributed by atoms with Crippen LogP contribution in [0.15, 0.2) is 206 Å². The van der Waals surface area contributed by atoms with Crippen LogP contribution >= 0.6 is 0 Å². The van der Waals surface area contributed by atoms with Gasteiger partial charge in [-0.3, -0.25) is 4.57 Å². The normalized spacial score (nSPS) is 12.2. The standard InChI is InChI=1S/C58H34N4/c1-2-17-39(18-3-1)61-50-25-13-12-23-44(50)45-28-26-38(34-52(45)61)56-58(60-57-40-19-7-6-14-35(40)27-30-49(57)59-56)62-51-31-29-47-43-22-9-8-20-41(43)42-21-10-11-24-46(42)54(47)55(51)48-32-36-15-4-5-16-37(36)33-53(48)62/h1-34H. The maximum Gasteiger partial charge on any atom is 0.165 e. The highest BCUT2D eigenvalue weighted by Gasteiger charge is 2.24. The molecule has 0 amide bonds. The van der Waals surface area contributed by atoms with Gasteiger partial charge in [-0.2, -0.15) is 0 Å². The molecule has 0 fully saturated rings. The third-order valence-corrected chi connectivity index (χ3v) is 13.2. The van der Waals surface area contributed by atoms with Crippen LogP contribution in [0.1, 0.15) is 0 Å². The highest BCUT2D eigenvalue weighted by Crippen LogP contribution is 2.46. The zero-order valence-corrected chi connectivity index (χ0v) is 33.4. The summed E-state index contributed by atoms with van der Waals surface area (Å²) in [6.45, 7) is 0. The highest BCUT2D eigenvalue weighted by atomic mass is 15.1. The second-order valence-electron chi connectivity index (χ2n) is 16.5. The fourth-order valence-electron chi connectivity index (χ4n) is 10.5. The number of para-hydroxylation sites is 2. The predicted octanol–water partition coefficient (Wildman–Crippen LogP) is 15.3. The van der Waals surface area contributed by atoms with Gasteiger partial charge in [-0.25, -0.2) is 9.97 Å². The van der Waals surface area contributed by atoms with Crippen molar-refractivity contribution in [2.45, 2.75) is 0 Å². The van der Waals surface area contributed by atoms with Gasteiger partial charge in [0.2, 0.25) is 0 Å². The van der Waals surface area contributed by atoms with E-state index in [2.05, 4.69) is 215 Å². The molecule has 0 aliphatic heterocycles. The molecule has 62 heavy (non-hydrogen) atoms. The van der Waals surface area contributed by atoms with E-state index >= 15 is 0 Å². The lowest BCUT2D eigenvalue weighted by molar-refractivity contribution is 1.08. The first-order chi connectivity index (χ1) is 30.8. The Hall–Kier alpha value is -8.34. The van der Waals surface area contributed by atoms with E-state index in [1.165, 1.54) is 70.2 Å². The molecule has 286 valence electrons. The van der Waals surface area contributed by atoms with Crippen LogP contribution in [0.3, 0.4) is 0 Å². The molecule has 0 spiro atoms. The Morgan fingerprint density at radius 1 is 0.306 bits per heavy atom. The van der Waals surface area contributed by atoms with Gasteiger partial charge in [0.15, 0.2) is 5.82 Å². The third kappa shape index (κ3) is 4.61. The van der Waals surface area contributed by atoms with Crippen molar-refractivity contribution in [1.29, 1.82) is 0 Å². The quantitative estimate of drug-likeness (QED) is 0.167. The summed E-state index contributed by atoms with van der Waals surface area (Å²) in [5, 5.41) is 16.9. The molecule has 0 saturated heterocycles. The third-order valence-electron chi connectivity index (χ3n) is 13.2. The van der Waals surface area contributed by atoms with E-state index in [1.807, 2.05) is 0 Å². The molecule has 0 atom stereocenters. The molecule has 14 rings (SSSR count). The molecule has 3 heterocycles. The summed E-state index contributed by atoms with van der Waals surface area (Å²) in [5.74, 6) is 0.801. The Bertz CT molecular complexity index is 4180. The molecule has 0 aliphatic carbocycles. The monoisotopic (exact) mass is 786 g/mol. The first kappa shape index (κ1) is 33.5. The smallest absolute Gasteiger partial charge is 0.165 e. The fourth-order valence-corrected chi connectivity index (χ4v) is 10.5. The van der Waals surface area contributed by atoms with Crippen molar-refractivity contribution in [3.8, 4) is 22.8 Å². The van der Waals surface area contributed by atoms with Crippen LogP contribution in [0.25, 0.3) is 131 Å². The molecule has 0 radical (unpaired) electrons. The lowest BCUT2D eigenvalue weighted by atomic mass is 9.91. The Kier molecular flexibility index (Phi) is 6.80. The second kappa shape index (κ2) is 12.6. The van der Waals surface area contributed by atoms with Gasteiger partial charge in [-0.15, -0.1) is 0 Å². The molecule has 4 nitrogen and oxygen atoms in total. The number of rotatable bonds is 3. The molecule has 0 unspecified atom stereocenters. The number of aromatic nitrogens is 4. The van der Waals surface area contributed by atoms with Crippen LogP contribution in [0.4, 0.5) is 0 Å². The van der Waals surface area contributed by atoms with Crippen molar-refractivity contribution in [1.82, 2.24) is 19.1 Å². The average molecular weight is 787 g/mol. The van der Waals surface area contributed by atoms with E-state index in [4.69, 9.17) is 9.97 Å². The number of hydrogen-bond acceptors (Lipinski definition) is 2. The van der Waals surface area contributed by atoms with Crippen LogP contribution in [-0.2, 0) is 0 Å². The van der Waals surface area contributed by atoms with E-state index < -0.39 is 0 Å². The molecular formula is C58H34N4. The number of fused-ring (bicyclic) bond motifs is 17. The predicted molar refractivity (Wildman–Crippen MR) is 261 cm³/mol. The van der Waals surface area contributed by atoms with Crippen molar-refractivity contribution < 1.29 is 0 Å². The SMILES string of the molecule is c1ccc(-n2c3ccccc3c3ccc(-c4nc5ccc6ccccc6c5nc4-n4c5cc6ccccc6cc5c5c6c7ccccc7c7ccccc7c6ccc54)cc32)cc1. The Labute approximate surface area is 355 Å². The van der Waals surface area contributed by atoms with Gasteiger partial charge in [-0.05, 0) is 91.6 Å². The summed E-state index contributed by atoms with van der Waals surface area (Å²) in [7, 11) is 0. The zero-order valence-electron chi connectivity index (χ0n) is 33.4. The lowest BCUT2D eigenvalue weighted by Gasteiger charge is -2.16. The Morgan fingerprint density at radius 3 is 1.68 bits per heavy atom. The van der Waals surface area contributed by atoms with Crippen molar-refractivity contribution in [3.63, 3.8) is 0 Å². The first-order valence-corrected chi connectivity index (χ1v) is 21.2. The Balaban J connectivity index is 1.18.